The van der Waals surface area contributed by atoms with E-state index in [1.165, 1.54) is 6.07 Å². The molecule has 0 aliphatic rings. The Balaban J connectivity index is 2.98. The predicted octanol–water partition coefficient (Wildman–Crippen LogP) is 1.75. The van der Waals surface area contributed by atoms with Crippen LogP contribution in [0.5, 0.6) is 0 Å². The van der Waals surface area contributed by atoms with Gasteiger partial charge in [0.25, 0.3) is 0 Å². The summed E-state index contributed by atoms with van der Waals surface area (Å²) in [6.07, 6.45) is 0. The van der Waals surface area contributed by atoms with Crippen LogP contribution in [0.25, 0.3) is 0 Å². The number of nitrogens with zero attached hydrogens (tertiary/aromatic N) is 1. The van der Waals surface area contributed by atoms with Gasteiger partial charge in [0.05, 0.1) is 6.61 Å². The molecule has 3 nitrogen and oxygen atoms in total. The molecule has 0 fully saturated rings. The van der Waals surface area contributed by atoms with Gasteiger partial charge in [-0.25, -0.2) is 4.39 Å². The van der Waals surface area contributed by atoms with E-state index in [-0.39, 0.29) is 12.4 Å². The SMILES string of the molecule is CCNCc1c(F)cccc1N(CC)CCO. The van der Waals surface area contributed by atoms with E-state index >= 15 is 0 Å². The maximum absolute atomic E-state index is 13.8. The van der Waals surface area contributed by atoms with Crippen LogP contribution in [-0.4, -0.2) is 31.3 Å². The summed E-state index contributed by atoms with van der Waals surface area (Å²) >= 11 is 0. The molecule has 1 aromatic rings. The van der Waals surface area contributed by atoms with Crippen LogP contribution in [-0.2, 0) is 6.54 Å². The lowest BCUT2D eigenvalue weighted by molar-refractivity contribution is 0.302. The van der Waals surface area contributed by atoms with Gasteiger partial charge in [-0.3, -0.25) is 0 Å². The van der Waals surface area contributed by atoms with Gasteiger partial charge in [0, 0.05) is 30.9 Å². The minimum Gasteiger partial charge on any atom is -0.395 e. The molecular formula is C13H21FN2O. The number of benzene rings is 1. The Kier molecular flexibility index (Phi) is 5.94. The molecule has 0 atom stereocenters. The molecule has 0 amide bonds. The van der Waals surface area contributed by atoms with Gasteiger partial charge in [-0.05, 0) is 25.6 Å². The van der Waals surface area contributed by atoms with E-state index in [2.05, 4.69) is 5.32 Å². The highest BCUT2D eigenvalue weighted by Gasteiger charge is 2.12. The summed E-state index contributed by atoms with van der Waals surface area (Å²) in [6.45, 7) is 6.66. The molecule has 0 aliphatic heterocycles. The smallest absolute Gasteiger partial charge is 0.129 e. The van der Waals surface area contributed by atoms with E-state index in [0.29, 0.717) is 18.7 Å². The summed E-state index contributed by atoms with van der Waals surface area (Å²) in [4.78, 5) is 1.98. The topological polar surface area (TPSA) is 35.5 Å². The second kappa shape index (κ2) is 7.25. The van der Waals surface area contributed by atoms with Gasteiger partial charge in [-0.2, -0.15) is 0 Å². The lowest BCUT2D eigenvalue weighted by Crippen LogP contribution is -2.28. The van der Waals surface area contributed by atoms with E-state index in [1.807, 2.05) is 24.8 Å². The minimum atomic E-state index is -0.195. The van der Waals surface area contributed by atoms with E-state index in [1.54, 1.807) is 6.07 Å². The third-order valence-electron chi connectivity index (χ3n) is 2.74. The number of nitrogens with one attached hydrogen (secondary N) is 1. The normalized spacial score (nSPS) is 10.6. The van der Waals surface area contributed by atoms with Crippen molar-refractivity contribution in [2.24, 2.45) is 0 Å². The van der Waals surface area contributed by atoms with Crippen molar-refractivity contribution in [3.8, 4) is 0 Å². The molecule has 0 heterocycles. The summed E-state index contributed by atoms with van der Waals surface area (Å²) in [5, 5.41) is 12.2. The Bertz CT molecular complexity index is 344. The van der Waals surface area contributed by atoms with Crippen LogP contribution in [0, 0.1) is 5.82 Å². The van der Waals surface area contributed by atoms with Crippen LogP contribution in [0.2, 0.25) is 0 Å². The van der Waals surface area contributed by atoms with Crippen molar-refractivity contribution in [1.29, 1.82) is 0 Å². The number of aliphatic hydroxyl groups excluding tert-OH is 1. The first-order chi connectivity index (χ1) is 8.24. The standard InChI is InChI=1S/C13H21FN2O/c1-3-15-10-11-12(14)6-5-7-13(11)16(4-2)8-9-17/h5-7,15,17H,3-4,8-10H2,1-2H3. The number of halogens is 1. The summed E-state index contributed by atoms with van der Waals surface area (Å²) < 4.78 is 13.8. The molecule has 2 N–H and O–H groups in total. The number of likely N-dealkylation sites (N-methyl/N-ethyl adjacent to an activating group) is 1. The molecule has 0 aromatic heterocycles. The second-order valence-corrected chi connectivity index (χ2v) is 3.82. The number of aliphatic hydroxyl groups is 1. The van der Waals surface area contributed by atoms with Crippen LogP contribution < -0.4 is 10.2 Å². The maximum atomic E-state index is 13.8. The Morgan fingerprint density at radius 2 is 2.12 bits per heavy atom. The molecular weight excluding hydrogens is 219 g/mol. The predicted molar refractivity (Wildman–Crippen MR) is 68.8 cm³/mol. The molecule has 17 heavy (non-hydrogen) atoms. The largest absolute Gasteiger partial charge is 0.395 e. The molecule has 0 bridgehead atoms. The molecule has 0 saturated carbocycles. The highest BCUT2D eigenvalue weighted by atomic mass is 19.1. The minimum absolute atomic E-state index is 0.0744. The Morgan fingerprint density at radius 3 is 2.71 bits per heavy atom. The number of rotatable bonds is 7. The summed E-state index contributed by atoms with van der Waals surface area (Å²) in [6, 6.07) is 5.08. The van der Waals surface area contributed by atoms with Crippen LogP contribution in [0.3, 0.4) is 0 Å². The summed E-state index contributed by atoms with van der Waals surface area (Å²) in [7, 11) is 0. The average molecular weight is 240 g/mol. The van der Waals surface area contributed by atoms with Gasteiger partial charge in [0.2, 0.25) is 0 Å². The molecule has 0 spiro atoms. The van der Waals surface area contributed by atoms with E-state index in [4.69, 9.17) is 5.11 Å². The van der Waals surface area contributed by atoms with Crippen molar-refractivity contribution >= 4 is 5.69 Å². The van der Waals surface area contributed by atoms with Crippen molar-refractivity contribution in [3.63, 3.8) is 0 Å². The fourth-order valence-corrected chi connectivity index (χ4v) is 1.84. The molecule has 0 aliphatic carbocycles. The van der Waals surface area contributed by atoms with Gasteiger partial charge in [-0.15, -0.1) is 0 Å². The Hall–Kier alpha value is -1.13. The Labute approximate surface area is 102 Å². The average Bonchev–Trinajstić information content (AvgIpc) is 2.34. The number of anilines is 1. The lowest BCUT2D eigenvalue weighted by Gasteiger charge is -2.25. The van der Waals surface area contributed by atoms with Crippen molar-refractivity contribution in [3.05, 3.63) is 29.6 Å². The molecule has 0 radical (unpaired) electrons. The van der Waals surface area contributed by atoms with Crippen LogP contribution in [0.1, 0.15) is 19.4 Å². The zero-order valence-electron chi connectivity index (χ0n) is 10.5. The molecule has 4 heteroatoms. The van der Waals surface area contributed by atoms with Gasteiger partial charge in [-0.1, -0.05) is 13.0 Å². The van der Waals surface area contributed by atoms with Crippen molar-refractivity contribution < 1.29 is 9.50 Å². The third-order valence-corrected chi connectivity index (χ3v) is 2.74. The van der Waals surface area contributed by atoms with Crippen molar-refractivity contribution in [1.82, 2.24) is 5.32 Å². The fraction of sp³-hybridized carbons (Fsp3) is 0.538. The zero-order valence-corrected chi connectivity index (χ0v) is 10.5. The first-order valence-electron chi connectivity index (χ1n) is 6.08. The fourth-order valence-electron chi connectivity index (χ4n) is 1.84. The first-order valence-corrected chi connectivity index (χ1v) is 6.08. The Morgan fingerprint density at radius 1 is 1.35 bits per heavy atom. The van der Waals surface area contributed by atoms with Gasteiger partial charge in [0.1, 0.15) is 5.82 Å². The van der Waals surface area contributed by atoms with E-state index in [9.17, 15) is 4.39 Å². The van der Waals surface area contributed by atoms with Crippen LogP contribution >= 0.6 is 0 Å². The molecule has 0 saturated heterocycles. The number of hydrogen-bond donors (Lipinski definition) is 2. The third kappa shape index (κ3) is 3.68. The summed E-state index contributed by atoms with van der Waals surface area (Å²) in [5.74, 6) is -0.195. The van der Waals surface area contributed by atoms with E-state index in [0.717, 1.165) is 18.8 Å². The zero-order chi connectivity index (χ0) is 12.7. The molecule has 96 valence electrons. The van der Waals surface area contributed by atoms with Crippen molar-refractivity contribution in [2.45, 2.75) is 20.4 Å². The lowest BCUT2D eigenvalue weighted by atomic mass is 10.1. The van der Waals surface area contributed by atoms with Gasteiger partial charge < -0.3 is 15.3 Å². The quantitative estimate of drug-likeness (QED) is 0.762. The number of hydrogen-bond acceptors (Lipinski definition) is 3. The highest BCUT2D eigenvalue weighted by molar-refractivity contribution is 5.54. The van der Waals surface area contributed by atoms with Crippen LogP contribution in [0.4, 0.5) is 10.1 Å². The molecule has 1 aromatic carbocycles. The van der Waals surface area contributed by atoms with Gasteiger partial charge >= 0.3 is 0 Å². The summed E-state index contributed by atoms with van der Waals surface area (Å²) in [5.41, 5.74) is 1.53. The highest BCUT2D eigenvalue weighted by Crippen LogP contribution is 2.23. The first kappa shape index (κ1) is 13.9. The van der Waals surface area contributed by atoms with E-state index < -0.39 is 0 Å². The van der Waals surface area contributed by atoms with Crippen molar-refractivity contribution in [2.75, 3.05) is 31.1 Å². The second-order valence-electron chi connectivity index (χ2n) is 3.82. The molecule has 1 rings (SSSR count). The monoisotopic (exact) mass is 240 g/mol. The van der Waals surface area contributed by atoms with Gasteiger partial charge in [0.15, 0.2) is 0 Å². The molecule has 0 unspecified atom stereocenters. The maximum Gasteiger partial charge on any atom is 0.129 e. The van der Waals surface area contributed by atoms with Crippen LogP contribution in [0.15, 0.2) is 18.2 Å².